The number of imide groups is 1. The fourth-order valence-electron chi connectivity index (χ4n) is 2.24. The average Bonchev–Trinajstić information content (AvgIpc) is 2.76. The van der Waals surface area contributed by atoms with Gasteiger partial charge >= 0.3 is 5.97 Å². The van der Waals surface area contributed by atoms with E-state index in [-0.39, 0.29) is 6.42 Å². The number of benzene rings is 1. The molecule has 1 heterocycles. The summed E-state index contributed by atoms with van der Waals surface area (Å²) >= 11 is 3.24. The van der Waals surface area contributed by atoms with Gasteiger partial charge in [-0.1, -0.05) is 40.2 Å². The minimum atomic E-state index is -0.993. The SMILES string of the molecule is C=C(CBr)C[C@@H](C(=O)OC)N1C(=O)c2ccccc2C1=O. The molecule has 1 aromatic rings. The molecule has 0 bridgehead atoms. The fourth-order valence-corrected chi connectivity index (χ4v) is 2.46. The molecule has 0 aliphatic carbocycles. The Balaban J connectivity index is 2.38. The minimum Gasteiger partial charge on any atom is -0.467 e. The Labute approximate surface area is 130 Å². The number of carbonyl (C=O) groups is 3. The highest BCUT2D eigenvalue weighted by atomic mass is 79.9. The van der Waals surface area contributed by atoms with E-state index in [0.29, 0.717) is 22.0 Å². The van der Waals surface area contributed by atoms with Gasteiger partial charge in [0.2, 0.25) is 0 Å². The summed E-state index contributed by atoms with van der Waals surface area (Å²) in [5, 5.41) is 0.476. The van der Waals surface area contributed by atoms with Crippen molar-refractivity contribution in [2.45, 2.75) is 12.5 Å². The lowest BCUT2D eigenvalue weighted by atomic mass is 10.1. The smallest absolute Gasteiger partial charge is 0.329 e. The van der Waals surface area contributed by atoms with E-state index < -0.39 is 23.8 Å². The van der Waals surface area contributed by atoms with E-state index in [9.17, 15) is 14.4 Å². The largest absolute Gasteiger partial charge is 0.467 e. The molecule has 0 aromatic heterocycles. The van der Waals surface area contributed by atoms with Crippen LogP contribution < -0.4 is 0 Å². The lowest BCUT2D eigenvalue weighted by Gasteiger charge is -2.24. The molecule has 1 atom stereocenters. The number of methoxy groups -OCH3 is 1. The number of halogens is 1. The molecule has 1 aliphatic heterocycles. The summed E-state index contributed by atoms with van der Waals surface area (Å²) in [6.45, 7) is 3.80. The number of nitrogens with zero attached hydrogens (tertiary/aromatic N) is 1. The topological polar surface area (TPSA) is 63.7 Å². The van der Waals surface area contributed by atoms with Crippen molar-refractivity contribution < 1.29 is 19.1 Å². The Bertz CT molecular complexity index is 591. The van der Waals surface area contributed by atoms with Gasteiger partial charge in [-0.2, -0.15) is 0 Å². The van der Waals surface area contributed by atoms with Crippen molar-refractivity contribution >= 4 is 33.7 Å². The second-order valence-electron chi connectivity index (χ2n) is 4.65. The number of carbonyl (C=O) groups excluding carboxylic acids is 3. The molecule has 2 rings (SSSR count). The molecule has 6 heteroatoms. The van der Waals surface area contributed by atoms with Crippen molar-refractivity contribution in [3.8, 4) is 0 Å². The molecule has 21 heavy (non-hydrogen) atoms. The number of ether oxygens (including phenoxy) is 1. The predicted octanol–water partition coefficient (Wildman–Crippen LogP) is 2.17. The summed E-state index contributed by atoms with van der Waals surface area (Å²) in [4.78, 5) is 37.7. The first-order valence-electron chi connectivity index (χ1n) is 6.28. The molecular formula is C15H14BrNO4. The maximum Gasteiger partial charge on any atom is 0.329 e. The van der Waals surface area contributed by atoms with Crippen LogP contribution in [-0.4, -0.2) is 41.2 Å². The van der Waals surface area contributed by atoms with Gasteiger partial charge in [0.15, 0.2) is 0 Å². The zero-order valence-corrected chi connectivity index (χ0v) is 13.1. The van der Waals surface area contributed by atoms with Crippen LogP contribution in [0.15, 0.2) is 36.4 Å². The summed E-state index contributed by atoms with van der Waals surface area (Å²) in [5.74, 6) is -1.59. The molecule has 0 saturated carbocycles. The van der Waals surface area contributed by atoms with Gasteiger partial charge in [-0.05, 0) is 12.1 Å². The van der Waals surface area contributed by atoms with Crippen LogP contribution >= 0.6 is 15.9 Å². The van der Waals surface area contributed by atoms with Gasteiger partial charge in [0.05, 0.1) is 18.2 Å². The zero-order chi connectivity index (χ0) is 15.6. The summed E-state index contributed by atoms with van der Waals surface area (Å²) < 4.78 is 4.72. The first-order valence-corrected chi connectivity index (χ1v) is 7.40. The number of amides is 2. The van der Waals surface area contributed by atoms with Gasteiger partial charge in [-0.25, -0.2) is 4.79 Å². The minimum absolute atomic E-state index is 0.170. The molecule has 0 fully saturated rings. The molecule has 5 nitrogen and oxygen atoms in total. The number of hydrogen-bond donors (Lipinski definition) is 0. The maximum absolute atomic E-state index is 12.4. The molecule has 110 valence electrons. The summed E-state index contributed by atoms with van der Waals surface area (Å²) in [6.07, 6.45) is 0.170. The van der Waals surface area contributed by atoms with Gasteiger partial charge in [0, 0.05) is 11.8 Å². The maximum atomic E-state index is 12.4. The summed E-state index contributed by atoms with van der Waals surface area (Å²) in [6, 6.07) is 5.51. The van der Waals surface area contributed by atoms with Crippen LogP contribution in [0.4, 0.5) is 0 Å². The molecule has 0 unspecified atom stereocenters. The van der Waals surface area contributed by atoms with Crippen LogP contribution in [0.25, 0.3) is 0 Å². The first-order chi connectivity index (χ1) is 10.0. The molecule has 1 aromatic carbocycles. The van der Waals surface area contributed by atoms with Gasteiger partial charge in [0.25, 0.3) is 11.8 Å². The molecule has 0 saturated heterocycles. The number of esters is 1. The van der Waals surface area contributed by atoms with Crippen molar-refractivity contribution in [3.05, 3.63) is 47.5 Å². The second kappa shape index (κ2) is 6.22. The zero-order valence-electron chi connectivity index (χ0n) is 11.5. The van der Waals surface area contributed by atoms with Crippen LogP contribution in [0.1, 0.15) is 27.1 Å². The van der Waals surface area contributed by atoms with E-state index in [1.165, 1.54) is 7.11 Å². The van der Waals surface area contributed by atoms with Gasteiger partial charge < -0.3 is 4.74 Å². The number of rotatable bonds is 5. The predicted molar refractivity (Wildman–Crippen MR) is 80.3 cm³/mol. The van der Waals surface area contributed by atoms with E-state index in [0.717, 1.165) is 4.90 Å². The van der Waals surface area contributed by atoms with E-state index in [4.69, 9.17) is 4.74 Å². The molecule has 0 spiro atoms. The van der Waals surface area contributed by atoms with Crippen LogP contribution in [0.3, 0.4) is 0 Å². The Morgan fingerprint density at radius 2 is 1.81 bits per heavy atom. The Morgan fingerprint density at radius 1 is 1.29 bits per heavy atom. The van der Waals surface area contributed by atoms with Crippen LogP contribution in [-0.2, 0) is 9.53 Å². The Morgan fingerprint density at radius 3 is 2.24 bits per heavy atom. The van der Waals surface area contributed by atoms with Crippen molar-refractivity contribution in [2.24, 2.45) is 0 Å². The third-order valence-corrected chi connectivity index (χ3v) is 4.07. The molecule has 0 radical (unpaired) electrons. The molecule has 0 N–H and O–H groups in total. The van der Waals surface area contributed by atoms with Crippen LogP contribution in [0.2, 0.25) is 0 Å². The lowest BCUT2D eigenvalue weighted by Crippen LogP contribution is -2.45. The van der Waals surface area contributed by atoms with E-state index in [1.807, 2.05) is 0 Å². The van der Waals surface area contributed by atoms with Crippen molar-refractivity contribution in [3.63, 3.8) is 0 Å². The van der Waals surface area contributed by atoms with Gasteiger partial charge in [-0.15, -0.1) is 0 Å². The highest BCUT2D eigenvalue weighted by Gasteiger charge is 2.43. The molecule has 2 amide bonds. The molecule has 1 aliphatic rings. The third-order valence-electron chi connectivity index (χ3n) is 3.28. The third kappa shape index (κ3) is 2.76. The van der Waals surface area contributed by atoms with Gasteiger partial charge in [0.1, 0.15) is 6.04 Å². The Hall–Kier alpha value is -1.95. The molecular weight excluding hydrogens is 338 g/mol. The van der Waals surface area contributed by atoms with Crippen molar-refractivity contribution in [2.75, 3.05) is 12.4 Å². The van der Waals surface area contributed by atoms with E-state index in [1.54, 1.807) is 24.3 Å². The number of fused-ring (bicyclic) bond motifs is 1. The van der Waals surface area contributed by atoms with Crippen molar-refractivity contribution in [1.82, 2.24) is 4.90 Å². The first kappa shape index (κ1) is 15.4. The summed E-state index contributed by atoms with van der Waals surface area (Å²) in [5.41, 5.74) is 1.31. The van der Waals surface area contributed by atoms with Crippen molar-refractivity contribution in [1.29, 1.82) is 0 Å². The van der Waals surface area contributed by atoms with E-state index >= 15 is 0 Å². The Kier molecular flexibility index (Phi) is 4.57. The van der Waals surface area contributed by atoms with Crippen LogP contribution in [0, 0.1) is 0 Å². The van der Waals surface area contributed by atoms with E-state index in [2.05, 4.69) is 22.5 Å². The number of alkyl halides is 1. The average molecular weight is 352 g/mol. The highest BCUT2D eigenvalue weighted by Crippen LogP contribution is 2.27. The summed E-state index contributed by atoms with van der Waals surface area (Å²) in [7, 11) is 1.23. The second-order valence-corrected chi connectivity index (χ2v) is 5.21. The van der Waals surface area contributed by atoms with Gasteiger partial charge in [-0.3, -0.25) is 14.5 Å². The lowest BCUT2D eigenvalue weighted by molar-refractivity contribution is -0.145. The highest BCUT2D eigenvalue weighted by molar-refractivity contribution is 9.09. The quantitative estimate of drug-likeness (QED) is 0.353. The fraction of sp³-hybridized carbons (Fsp3) is 0.267. The standard InChI is InChI=1S/C15H14BrNO4/c1-9(8-16)7-12(15(20)21-2)17-13(18)10-5-3-4-6-11(10)14(17)19/h3-6,12H,1,7-8H2,2H3/t12-/m0/s1. The monoisotopic (exact) mass is 351 g/mol. The normalized spacial score (nSPS) is 14.9. The number of hydrogen-bond acceptors (Lipinski definition) is 4. The van der Waals surface area contributed by atoms with Crippen LogP contribution in [0.5, 0.6) is 0 Å².